The maximum atomic E-state index is 10.8. The molecule has 0 aliphatic heterocycles. The van der Waals surface area contributed by atoms with Gasteiger partial charge in [-0.2, -0.15) is 0 Å². The highest BCUT2D eigenvalue weighted by Crippen LogP contribution is 2.25. The molecule has 1 aliphatic rings. The van der Waals surface area contributed by atoms with Crippen LogP contribution in [0.3, 0.4) is 0 Å². The van der Waals surface area contributed by atoms with E-state index >= 15 is 0 Å². The van der Waals surface area contributed by atoms with Gasteiger partial charge in [-0.05, 0) is 12.8 Å². The molecule has 1 rings (SSSR count). The van der Waals surface area contributed by atoms with Crippen molar-refractivity contribution in [3.8, 4) is 0 Å². The van der Waals surface area contributed by atoms with Gasteiger partial charge in [0.25, 0.3) is 0 Å². The van der Waals surface area contributed by atoms with Crippen LogP contribution in [0.25, 0.3) is 0 Å². The average molecular weight is 129 g/mol. The number of nitrogens with one attached hydrogen (secondary N) is 1. The smallest absolute Gasteiger partial charge is 0.246 e. The molecule has 9 heavy (non-hydrogen) atoms. The van der Waals surface area contributed by atoms with Crippen LogP contribution in [0.1, 0.15) is 19.3 Å². The lowest BCUT2D eigenvalue weighted by molar-refractivity contribution is -0.138. The summed E-state index contributed by atoms with van der Waals surface area (Å²) in [5.41, 5.74) is 2.31. The summed E-state index contributed by atoms with van der Waals surface area (Å²) in [4.78, 5) is 15.3. The van der Waals surface area contributed by atoms with Gasteiger partial charge in [0.15, 0.2) is 0 Å². The second kappa shape index (κ2) is 2.82. The van der Waals surface area contributed by atoms with Crippen LogP contribution in [0, 0.1) is 5.92 Å². The topological polar surface area (TPSA) is 38.3 Å². The van der Waals surface area contributed by atoms with Gasteiger partial charge < -0.3 is 0 Å². The molecule has 0 radical (unpaired) electrons. The third-order valence-corrected chi connectivity index (χ3v) is 1.68. The Morgan fingerprint density at radius 1 is 1.67 bits per heavy atom. The highest BCUT2D eigenvalue weighted by Gasteiger charge is 2.24. The minimum absolute atomic E-state index is 0.0313. The Balaban J connectivity index is 2.16. The molecular formula is C6H11NO2. The van der Waals surface area contributed by atoms with Crippen LogP contribution in [0.4, 0.5) is 0 Å². The average Bonchev–Trinajstić information content (AvgIpc) is 1.60. The van der Waals surface area contributed by atoms with Gasteiger partial charge in [0.1, 0.15) is 0 Å². The molecule has 1 amide bonds. The molecule has 0 saturated heterocycles. The van der Waals surface area contributed by atoms with Crippen molar-refractivity contribution in [2.45, 2.75) is 19.3 Å². The summed E-state index contributed by atoms with van der Waals surface area (Å²) in [5, 5.41) is 0. The summed E-state index contributed by atoms with van der Waals surface area (Å²) < 4.78 is 0. The number of rotatable bonds is 2. The second-order valence-electron chi connectivity index (χ2n) is 2.30. The van der Waals surface area contributed by atoms with Gasteiger partial charge >= 0.3 is 0 Å². The van der Waals surface area contributed by atoms with E-state index in [0.29, 0.717) is 0 Å². The van der Waals surface area contributed by atoms with Crippen molar-refractivity contribution in [3.63, 3.8) is 0 Å². The molecule has 0 unspecified atom stereocenters. The Hall–Kier alpha value is -0.570. The summed E-state index contributed by atoms with van der Waals surface area (Å²) in [5.74, 6) is 0.258. The van der Waals surface area contributed by atoms with Crippen molar-refractivity contribution >= 4 is 5.91 Å². The van der Waals surface area contributed by atoms with E-state index in [-0.39, 0.29) is 11.8 Å². The molecule has 0 spiro atoms. The first-order valence-electron chi connectivity index (χ1n) is 3.17. The lowest BCUT2D eigenvalue weighted by atomic mass is 9.85. The van der Waals surface area contributed by atoms with E-state index in [1.807, 2.05) is 0 Å². The van der Waals surface area contributed by atoms with Crippen molar-refractivity contribution in [1.29, 1.82) is 0 Å². The number of carbonyl (C=O) groups excluding carboxylic acids is 1. The van der Waals surface area contributed by atoms with Crippen LogP contribution in [-0.4, -0.2) is 13.0 Å². The maximum absolute atomic E-state index is 10.8. The third kappa shape index (κ3) is 1.42. The minimum atomic E-state index is 0.0313. The summed E-state index contributed by atoms with van der Waals surface area (Å²) in [6.07, 6.45) is 3.23. The molecule has 1 saturated carbocycles. The van der Waals surface area contributed by atoms with E-state index in [1.165, 1.54) is 13.5 Å². The fourth-order valence-corrected chi connectivity index (χ4v) is 0.854. The Kier molecular flexibility index (Phi) is 2.05. The highest BCUT2D eigenvalue weighted by molar-refractivity contribution is 5.78. The lowest BCUT2D eigenvalue weighted by Gasteiger charge is -2.22. The highest BCUT2D eigenvalue weighted by atomic mass is 16.6. The predicted octanol–water partition coefficient (Wildman–Crippen LogP) is 0.464. The van der Waals surface area contributed by atoms with Crippen molar-refractivity contribution in [1.82, 2.24) is 5.48 Å². The van der Waals surface area contributed by atoms with Gasteiger partial charge in [-0.1, -0.05) is 6.42 Å². The molecule has 0 atom stereocenters. The zero-order valence-corrected chi connectivity index (χ0v) is 5.52. The molecule has 3 nitrogen and oxygen atoms in total. The van der Waals surface area contributed by atoms with E-state index < -0.39 is 0 Å². The standard InChI is InChI=1S/C6H11NO2/c1-9-7-6(8)5-3-2-4-5/h5H,2-4H2,1H3,(H,7,8). The van der Waals surface area contributed by atoms with Crippen molar-refractivity contribution in [3.05, 3.63) is 0 Å². The van der Waals surface area contributed by atoms with E-state index in [0.717, 1.165) is 12.8 Å². The van der Waals surface area contributed by atoms with Crippen LogP contribution in [-0.2, 0) is 9.63 Å². The molecule has 52 valence electrons. The van der Waals surface area contributed by atoms with Crippen molar-refractivity contribution < 1.29 is 9.63 Å². The zero-order chi connectivity index (χ0) is 6.69. The van der Waals surface area contributed by atoms with Gasteiger partial charge in [-0.25, -0.2) is 5.48 Å². The largest absolute Gasteiger partial charge is 0.277 e. The molecule has 0 heterocycles. The Labute approximate surface area is 54.3 Å². The van der Waals surface area contributed by atoms with Crippen LogP contribution in [0.2, 0.25) is 0 Å². The minimum Gasteiger partial charge on any atom is -0.277 e. The number of amides is 1. The summed E-state index contributed by atoms with van der Waals surface area (Å²) in [6.45, 7) is 0. The first-order valence-corrected chi connectivity index (χ1v) is 3.17. The summed E-state index contributed by atoms with van der Waals surface area (Å²) in [7, 11) is 1.45. The first-order chi connectivity index (χ1) is 4.34. The monoisotopic (exact) mass is 129 g/mol. The normalized spacial score (nSPS) is 18.8. The SMILES string of the molecule is CONC(=O)C1CCC1. The molecule has 0 aromatic rings. The van der Waals surface area contributed by atoms with Crippen LogP contribution < -0.4 is 5.48 Å². The quantitative estimate of drug-likeness (QED) is 0.550. The molecule has 3 heteroatoms. The second-order valence-corrected chi connectivity index (χ2v) is 2.30. The van der Waals surface area contributed by atoms with E-state index in [2.05, 4.69) is 10.3 Å². The van der Waals surface area contributed by atoms with E-state index in [1.54, 1.807) is 0 Å². The number of carbonyl (C=O) groups is 1. The van der Waals surface area contributed by atoms with E-state index in [9.17, 15) is 4.79 Å². The summed E-state index contributed by atoms with van der Waals surface area (Å²) >= 11 is 0. The van der Waals surface area contributed by atoms with Crippen LogP contribution in [0.15, 0.2) is 0 Å². The molecular weight excluding hydrogens is 118 g/mol. The summed E-state index contributed by atoms with van der Waals surface area (Å²) in [6, 6.07) is 0. The number of hydrogen-bond acceptors (Lipinski definition) is 2. The van der Waals surface area contributed by atoms with Crippen molar-refractivity contribution in [2.24, 2.45) is 5.92 Å². The zero-order valence-electron chi connectivity index (χ0n) is 5.52. The van der Waals surface area contributed by atoms with Crippen LogP contribution >= 0.6 is 0 Å². The Morgan fingerprint density at radius 2 is 2.33 bits per heavy atom. The fourth-order valence-electron chi connectivity index (χ4n) is 0.854. The molecule has 1 aliphatic carbocycles. The van der Waals surface area contributed by atoms with Gasteiger partial charge in [0.2, 0.25) is 5.91 Å². The van der Waals surface area contributed by atoms with Gasteiger partial charge in [-0.15, -0.1) is 0 Å². The molecule has 0 bridgehead atoms. The number of hydrogen-bond donors (Lipinski definition) is 1. The van der Waals surface area contributed by atoms with Gasteiger partial charge in [0.05, 0.1) is 7.11 Å². The lowest BCUT2D eigenvalue weighted by Crippen LogP contribution is -2.33. The Bertz CT molecular complexity index is 110. The third-order valence-electron chi connectivity index (χ3n) is 1.68. The molecule has 1 fully saturated rings. The maximum Gasteiger partial charge on any atom is 0.246 e. The van der Waals surface area contributed by atoms with E-state index in [4.69, 9.17) is 0 Å². The van der Waals surface area contributed by atoms with Crippen molar-refractivity contribution in [2.75, 3.05) is 7.11 Å². The Morgan fingerprint density at radius 3 is 2.67 bits per heavy atom. The fraction of sp³-hybridized carbons (Fsp3) is 0.833. The first kappa shape index (κ1) is 6.55. The molecule has 1 N–H and O–H groups in total. The predicted molar refractivity (Wildman–Crippen MR) is 32.5 cm³/mol. The van der Waals surface area contributed by atoms with Gasteiger partial charge in [0, 0.05) is 5.92 Å². The van der Waals surface area contributed by atoms with Gasteiger partial charge in [-0.3, -0.25) is 9.63 Å². The number of hydroxylamine groups is 1. The molecule has 0 aromatic heterocycles. The van der Waals surface area contributed by atoms with Crippen LogP contribution in [0.5, 0.6) is 0 Å². The molecule has 0 aromatic carbocycles.